The van der Waals surface area contributed by atoms with Gasteiger partial charge in [-0.2, -0.15) is 0 Å². The normalized spacial score (nSPS) is 15.5. The van der Waals surface area contributed by atoms with Crippen LogP contribution in [0.15, 0.2) is 48.5 Å². The van der Waals surface area contributed by atoms with E-state index in [1.54, 1.807) is 0 Å². The first-order chi connectivity index (χ1) is 12.7. The molecule has 4 nitrogen and oxygen atoms in total. The van der Waals surface area contributed by atoms with E-state index in [2.05, 4.69) is 35.3 Å². The van der Waals surface area contributed by atoms with Crippen LogP contribution >= 0.6 is 0 Å². The fourth-order valence-electron chi connectivity index (χ4n) is 3.59. The van der Waals surface area contributed by atoms with Gasteiger partial charge in [0.1, 0.15) is 0 Å². The molecule has 2 aromatic rings. The van der Waals surface area contributed by atoms with Crippen LogP contribution in [-0.2, 0) is 17.8 Å². The number of carbonyl (C=O) groups excluding carboxylic acids is 1. The summed E-state index contributed by atoms with van der Waals surface area (Å²) in [5.41, 5.74) is 4.24. The molecule has 0 bridgehead atoms. The molecule has 26 heavy (non-hydrogen) atoms. The maximum absolute atomic E-state index is 12.5. The van der Waals surface area contributed by atoms with E-state index in [9.17, 15) is 4.79 Å². The molecule has 2 N–H and O–H groups in total. The van der Waals surface area contributed by atoms with Crippen molar-refractivity contribution in [2.75, 3.05) is 18.0 Å². The lowest BCUT2D eigenvalue weighted by Gasteiger charge is -2.32. The summed E-state index contributed by atoms with van der Waals surface area (Å²) in [5.74, 6) is 0.0164. The highest BCUT2D eigenvalue weighted by Gasteiger charge is 2.18. The number of benzene rings is 2. The number of piperidine rings is 1. The molecule has 1 fully saturated rings. The van der Waals surface area contributed by atoms with Crippen LogP contribution in [0.3, 0.4) is 0 Å². The van der Waals surface area contributed by atoms with Crippen LogP contribution in [0.5, 0.6) is 0 Å². The molecule has 4 heteroatoms. The summed E-state index contributed by atoms with van der Waals surface area (Å²) in [4.78, 5) is 14.9. The lowest BCUT2D eigenvalue weighted by atomic mass is 10.0. The van der Waals surface area contributed by atoms with Gasteiger partial charge in [0.25, 0.3) is 0 Å². The number of amides is 1. The molecule has 0 spiro atoms. The van der Waals surface area contributed by atoms with E-state index in [-0.39, 0.29) is 18.6 Å². The Kier molecular flexibility index (Phi) is 6.29. The zero-order valence-electron chi connectivity index (χ0n) is 15.4. The van der Waals surface area contributed by atoms with Crippen LogP contribution in [0, 0.1) is 0 Å². The van der Waals surface area contributed by atoms with Crippen molar-refractivity contribution >= 4 is 11.6 Å². The standard InChI is InChI=1S/C22H28N2O2/c1-17(23-22(26)15-18-9-11-19(16-25)12-10-18)20-7-3-4-8-21(20)24-13-5-2-6-14-24/h3-4,7-12,17,25H,2,5-6,13-16H2,1H3,(H,23,26). The summed E-state index contributed by atoms with van der Waals surface area (Å²) in [6.45, 7) is 4.26. The van der Waals surface area contributed by atoms with Crippen LogP contribution in [-0.4, -0.2) is 24.1 Å². The maximum Gasteiger partial charge on any atom is 0.224 e. The zero-order chi connectivity index (χ0) is 18.4. The quantitative estimate of drug-likeness (QED) is 0.835. The van der Waals surface area contributed by atoms with Crippen molar-refractivity contribution in [2.24, 2.45) is 0 Å². The Labute approximate surface area is 155 Å². The second kappa shape index (κ2) is 8.86. The van der Waals surface area contributed by atoms with Crippen LogP contribution in [0.1, 0.15) is 48.9 Å². The molecule has 1 saturated heterocycles. The van der Waals surface area contributed by atoms with Gasteiger partial charge in [-0.05, 0) is 48.9 Å². The lowest BCUT2D eigenvalue weighted by Crippen LogP contribution is -2.33. The summed E-state index contributed by atoms with van der Waals surface area (Å²) in [5, 5.41) is 12.2. The Bertz CT molecular complexity index is 721. The molecule has 0 aromatic heterocycles. The van der Waals surface area contributed by atoms with Gasteiger partial charge in [-0.3, -0.25) is 4.79 Å². The summed E-state index contributed by atoms with van der Waals surface area (Å²) < 4.78 is 0. The molecule has 1 amide bonds. The molecule has 1 heterocycles. The number of carbonyl (C=O) groups is 1. The van der Waals surface area contributed by atoms with Gasteiger partial charge < -0.3 is 15.3 Å². The number of hydrogen-bond donors (Lipinski definition) is 2. The van der Waals surface area contributed by atoms with E-state index in [1.165, 1.54) is 30.5 Å². The minimum atomic E-state index is -0.0302. The molecule has 1 unspecified atom stereocenters. The van der Waals surface area contributed by atoms with Crippen LogP contribution in [0.2, 0.25) is 0 Å². The third kappa shape index (κ3) is 4.64. The average molecular weight is 352 g/mol. The van der Waals surface area contributed by atoms with Crippen molar-refractivity contribution in [2.45, 2.75) is 45.3 Å². The average Bonchev–Trinajstić information content (AvgIpc) is 2.69. The molecule has 3 rings (SSSR count). The van der Waals surface area contributed by atoms with Gasteiger partial charge in [0.2, 0.25) is 5.91 Å². The first-order valence-corrected chi connectivity index (χ1v) is 9.49. The fraction of sp³-hybridized carbons (Fsp3) is 0.409. The maximum atomic E-state index is 12.5. The Morgan fingerprint density at radius 2 is 1.69 bits per heavy atom. The highest BCUT2D eigenvalue weighted by atomic mass is 16.3. The third-order valence-corrected chi connectivity index (χ3v) is 5.05. The number of nitrogens with one attached hydrogen (secondary N) is 1. The van der Waals surface area contributed by atoms with Crippen molar-refractivity contribution in [1.29, 1.82) is 0 Å². The smallest absolute Gasteiger partial charge is 0.224 e. The summed E-state index contributed by atoms with van der Waals surface area (Å²) in [7, 11) is 0. The number of para-hydroxylation sites is 1. The number of anilines is 1. The van der Waals surface area contributed by atoms with Gasteiger partial charge in [-0.1, -0.05) is 42.5 Å². The van der Waals surface area contributed by atoms with E-state index < -0.39 is 0 Å². The molecule has 0 radical (unpaired) electrons. The first-order valence-electron chi connectivity index (χ1n) is 9.49. The molecular weight excluding hydrogens is 324 g/mol. The predicted octanol–water partition coefficient (Wildman–Crippen LogP) is 3.59. The van der Waals surface area contributed by atoms with Crippen LogP contribution < -0.4 is 10.2 Å². The molecule has 138 valence electrons. The van der Waals surface area contributed by atoms with Crippen molar-refractivity contribution in [3.8, 4) is 0 Å². The molecule has 2 aromatic carbocycles. The number of aliphatic hydroxyl groups is 1. The van der Waals surface area contributed by atoms with E-state index in [0.29, 0.717) is 6.42 Å². The minimum absolute atomic E-state index is 0.0164. The monoisotopic (exact) mass is 352 g/mol. The zero-order valence-corrected chi connectivity index (χ0v) is 15.4. The Morgan fingerprint density at radius 3 is 2.38 bits per heavy atom. The van der Waals surface area contributed by atoms with E-state index >= 15 is 0 Å². The number of aliphatic hydroxyl groups excluding tert-OH is 1. The van der Waals surface area contributed by atoms with Crippen molar-refractivity contribution in [1.82, 2.24) is 5.32 Å². The summed E-state index contributed by atoms with van der Waals surface area (Å²) in [6.07, 6.45) is 4.12. The van der Waals surface area contributed by atoms with Crippen LogP contribution in [0.4, 0.5) is 5.69 Å². The van der Waals surface area contributed by atoms with Gasteiger partial charge in [0, 0.05) is 18.8 Å². The minimum Gasteiger partial charge on any atom is -0.392 e. The van der Waals surface area contributed by atoms with Crippen molar-refractivity contribution in [3.63, 3.8) is 0 Å². The second-order valence-corrected chi connectivity index (χ2v) is 7.05. The van der Waals surface area contributed by atoms with Gasteiger partial charge in [-0.25, -0.2) is 0 Å². The SMILES string of the molecule is CC(NC(=O)Cc1ccc(CO)cc1)c1ccccc1N1CCCCC1. The molecule has 1 aliphatic rings. The lowest BCUT2D eigenvalue weighted by molar-refractivity contribution is -0.121. The molecular formula is C22H28N2O2. The fourth-order valence-corrected chi connectivity index (χ4v) is 3.59. The van der Waals surface area contributed by atoms with Gasteiger partial charge in [0.05, 0.1) is 19.1 Å². The van der Waals surface area contributed by atoms with Gasteiger partial charge in [0.15, 0.2) is 0 Å². The third-order valence-electron chi connectivity index (χ3n) is 5.05. The summed E-state index contributed by atoms with van der Waals surface area (Å²) in [6, 6.07) is 15.9. The summed E-state index contributed by atoms with van der Waals surface area (Å²) >= 11 is 0. The topological polar surface area (TPSA) is 52.6 Å². The van der Waals surface area contributed by atoms with Gasteiger partial charge in [-0.15, -0.1) is 0 Å². The Hall–Kier alpha value is -2.33. The van der Waals surface area contributed by atoms with Crippen LogP contribution in [0.25, 0.3) is 0 Å². The second-order valence-electron chi connectivity index (χ2n) is 7.05. The van der Waals surface area contributed by atoms with Crippen molar-refractivity contribution < 1.29 is 9.90 Å². The molecule has 1 atom stereocenters. The number of rotatable bonds is 6. The highest BCUT2D eigenvalue weighted by Crippen LogP contribution is 2.28. The number of nitrogens with zero attached hydrogens (tertiary/aromatic N) is 1. The predicted molar refractivity (Wildman–Crippen MR) is 105 cm³/mol. The highest BCUT2D eigenvalue weighted by molar-refractivity contribution is 5.79. The molecule has 0 saturated carbocycles. The largest absolute Gasteiger partial charge is 0.392 e. The van der Waals surface area contributed by atoms with E-state index in [1.807, 2.05) is 30.3 Å². The van der Waals surface area contributed by atoms with Crippen molar-refractivity contribution in [3.05, 3.63) is 65.2 Å². The first kappa shape index (κ1) is 18.5. The van der Waals surface area contributed by atoms with E-state index in [4.69, 9.17) is 5.11 Å². The Balaban J connectivity index is 1.65. The molecule has 0 aliphatic carbocycles. The van der Waals surface area contributed by atoms with Gasteiger partial charge >= 0.3 is 0 Å². The van der Waals surface area contributed by atoms with E-state index in [0.717, 1.165) is 24.2 Å². The Morgan fingerprint density at radius 1 is 1.04 bits per heavy atom. The molecule has 1 aliphatic heterocycles. The number of hydrogen-bond acceptors (Lipinski definition) is 3.